The fraction of sp³-hybridized carbons (Fsp3) is 0.524. The molecule has 1 saturated heterocycles. The molecule has 0 radical (unpaired) electrons. The minimum atomic E-state index is -0.0173. The van der Waals surface area contributed by atoms with Gasteiger partial charge in [0.05, 0.1) is 25.3 Å². The smallest absolute Gasteiger partial charge is 0.259 e. The highest BCUT2D eigenvalue weighted by atomic mass is 16.7. The van der Waals surface area contributed by atoms with Crippen LogP contribution in [0.5, 0.6) is 11.5 Å². The first-order chi connectivity index (χ1) is 13.6. The molecule has 150 valence electrons. The number of nitrogens with zero attached hydrogens (tertiary/aromatic N) is 2. The number of likely N-dealkylation sites (tertiary alicyclic amines) is 1. The molecular weight excluding hydrogens is 358 g/mol. The van der Waals surface area contributed by atoms with Crippen LogP contribution in [-0.2, 0) is 6.54 Å². The highest BCUT2D eigenvalue weighted by molar-refractivity contribution is 5.96. The molecule has 1 amide bonds. The number of ether oxygens (including phenoxy) is 2. The van der Waals surface area contributed by atoms with Gasteiger partial charge in [-0.1, -0.05) is 11.2 Å². The lowest BCUT2D eigenvalue weighted by atomic mass is 10.1. The number of hydrogen-bond acceptors (Lipinski definition) is 5. The molecule has 2 aliphatic heterocycles. The normalized spacial score (nSPS) is 20.5. The van der Waals surface area contributed by atoms with E-state index in [9.17, 15) is 4.79 Å². The second-order valence-electron chi connectivity index (χ2n) is 7.67. The first kappa shape index (κ1) is 18.8. The van der Waals surface area contributed by atoms with Gasteiger partial charge >= 0.3 is 0 Å². The van der Waals surface area contributed by atoms with Crippen molar-refractivity contribution in [2.75, 3.05) is 26.4 Å². The van der Waals surface area contributed by atoms with E-state index in [1.54, 1.807) is 11.8 Å². The standard InChI is InChI=1S/C21H27N3O4/c1-4-23-9-5-6-17(23)12-24(21(25)20-14(2)22-28-15(20)3)11-16-7-8-18-19(10-16)27-13-26-18/h7-8,10,17H,4-6,9,11-13H2,1-3H3/p+1/t17-/m1/s1. The Bertz CT molecular complexity index is 844. The number of quaternary nitrogens is 1. The van der Waals surface area contributed by atoms with Crippen molar-refractivity contribution in [2.45, 2.75) is 46.2 Å². The summed E-state index contributed by atoms with van der Waals surface area (Å²) in [7, 11) is 0. The van der Waals surface area contributed by atoms with Crippen LogP contribution in [0.2, 0.25) is 0 Å². The zero-order chi connectivity index (χ0) is 19.7. The minimum absolute atomic E-state index is 0.0173. The molecule has 1 unspecified atom stereocenters. The second-order valence-corrected chi connectivity index (χ2v) is 7.67. The molecule has 28 heavy (non-hydrogen) atoms. The summed E-state index contributed by atoms with van der Waals surface area (Å²) in [6.45, 7) is 9.59. The van der Waals surface area contributed by atoms with Gasteiger partial charge in [0, 0.05) is 19.4 Å². The van der Waals surface area contributed by atoms with Crippen LogP contribution in [0.3, 0.4) is 0 Å². The van der Waals surface area contributed by atoms with E-state index in [4.69, 9.17) is 14.0 Å². The van der Waals surface area contributed by atoms with Crippen molar-refractivity contribution in [3.8, 4) is 11.5 Å². The zero-order valence-corrected chi connectivity index (χ0v) is 16.8. The van der Waals surface area contributed by atoms with Gasteiger partial charge in [-0.05, 0) is 38.5 Å². The van der Waals surface area contributed by atoms with Crippen LogP contribution in [0.25, 0.3) is 0 Å². The number of hydrogen-bond donors (Lipinski definition) is 1. The first-order valence-corrected chi connectivity index (χ1v) is 10.0. The highest BCUT2D eigenvalue weighted by Crippen LogP contribution is 2.33. The number of aryl methyl sites for hydroxylation is 2. The monoisotopic (exact) mass is 386 g/mol. The van der Waals surface area contributed by atoms with Crippen molar-refractivity contribution >= 4 is 5.91 Å². The van der Waals surface area contributed by atoms with Crippen LogP contribution in [0.15, 0.2) is 22.7 Å². The number of aromatic nitrogens is 1. The summed E-state index contributed by atoms with van der Waals surface area (Å²) in [4.78, 5) is 16.9. The van der Waals surface area contributed by atoms with Gasteiger partial charge in [-0.3, -0.25) is 4.79 Å². The number of carbonyl (C=O) groups excluding carboxylic acids is 1. The van der Waals surface area contributed by atoms with Crippen molar-refractivity contribution in [1.82, 2.24) is 10.1 Å². The topological polar surface area (TPSA) is 69.2 Å². The van der Waals surface area contributed by atoms with Gasteiger partial charge in [0.1, 0.15) is 17.4 Å². The van der Waals surface area contributed by atoms with E-state index in [2.05, 4.69) is 12.1 Å². The molecule has 1 N–H and O–H groups in total. The molecule has 1 aromatic carbocycles. The molecule has 0 aliphatic carbocycles. The minimum Gasteiger partial charge on any atom is -0.454 e. The summed E-state index contributed by atoms with van der Waals surface area (Å²) in [5, 5.41) is 3.97. The van der Waals surface area contributed by atoms with E-state index in [0.29, 0.717) is 29.6 Å². The van der Waals surface area contributed by atoms with E-state index < -0.39 is 0 Å². The third-order valence-electron chi connectivity index (χ3n) is 5.87. The Kier molecular flexibility index (Phi) is 5.26. The summed E-state index contributed by atoms with van der Waals surface area (Å²) < 4.78 is 16.2. The average molecular weight is 386 g/mol. The Morgan fingerprint density at radius 1 is 1.29 bits per heavy atom. The Morgan fingerprint density at radius 2 is 2.11 bits per heavy atom. The molecule has 2 aromatic rings. The molecule has 1 fully saturated rings. The number of benzene rings is 1. The number of nitrogens with one attached hydrogen (secondary N) is 1. The van der Waals surface area contributed by atoms with Crippen LogP contribution in [-0.4, -0.2) is 48.4 Å². The van der Waals surface area contributed by atoms with Crippen molar-refractivity contribution in [3.05, 3.63) is 40.8 Å². The number of carbonyl (C=O) groups is 1. The quantitative estimate of drug-likeness (QED) is 0.819. The summed E-state index contributed by atoms with van der Waals surface area (Å²) in [5.41, 5.74) is 2.25. The van der Waals surface area contributed by atoms with Gasteiger partial charge in [0.25, 0.3) is 5.91 Å². The number of amides is 1. The molecule has 1 aromatic heterocycles. The van der Waals surface area contributed by atoms with E-state index in [1.807, 2.05) is 30.0 Å². The Labute approximate surface area is 165 Å². The lowest BCUT2D eigenvalue weighted by Gasteiger charge is -2.28. The van der Waals surface area contributed by atoms with E-state index in [0.717, 1.165) is 36.6 Å². The maximum absolute atomic E-state index is 13.4. The largest absolute Gasteiger partial charge is 0.454 e. The van der Waals surface area contributed by atoms with E-state index >= 15 is 0 Å². The number of fused-ring (bicyclic) bond motifs is 1. The van der Waals surface area contributed by atoms with Crippen molar-refractivity contribution < 1.29 is 23.7 Å². The molecule has 7 heteroatoms. The van der Waals surface area contributed by atoms with E-state index in [-0.39, 0.29) is 12.7 Å². The SMILES string of the molecule is CC[NH+]1CCC[C@@H]1CN(Cc1ccc2c(c1)OCO2)C(=O)c1c(C)noc1C. The Morgan fingerprint density at radius 3 is 2.86 bits per heavy atom. The molecular formula is C21H28N3O4+. The number of rotatable bonds is 6. The summed E-state index contributed by atoms with van der Waals surface area (Å²) >= 11 is 0. The fourth-order valence-electron chi connectivity index (χ4n) is 4.36. The van der Waals surface area contributed by atoms with Gasteiger partial charge < -0.3 is 23.8 Å². The van der Waals surface area contributed by atoms with Crippen LogP contribution in [0.1, 0.15) is 47.1 Å². The van der Waals surface area contributed by atoms with E-state index in [1.165, 1.54) is 13.0 Å². The number of likely N-dealkylation sites (N-methyl/N-ethyl adjacent to an activating group) is 1. The lowest BCUT2D eigenvalue weighted by molar-refractivity contribution is -0.909. The van der Waals surface area contributed by atoms with Crippen molar-refractivity contribution in [3.63, 3.8) is 0 Å². The maximum Gasteiger partial charge on any atom is 0.259 e. The molecule has 0 bridgehead atoms. The van der Waals surface area contributed by atoms with Crippen LogP contribution >= 0.6 is 0 Å². The third-order valence-corrected chi connectivity index (χ3v) is 5.87. The first-order valence-electron chi connectivity index (χ1n) is 10.0. The summed E-state index contributed by atoms with van der Waals surface area (Å²) in [6.07, 6.45) is 2.36. The third kappa shape index (κ3) is 3.58. The van der Waals surface area contributed by atoms with Crippen LogP contribution in [0, 0.1) is 13.8 Å². The Balaban J connectivity index is 1.60. The zero-order valence-electron chi connectivity index (χ0n) is 16.8. The summed E-state index contributed by atoms with van der Waals surface area (Å²) in [5.74, 6) is 2.05. The fourth-order valence-corrected chi connectivity index (χ4v) is 4.36. The highest BCUT2D eigenvalue weighted by Gasteiger charge is 2.32. The molecule has 2 atom stereocenters. The molecule has 3 heterocycles. The Hall–Kier alpha value is -2.54. The van der Waals surface area contributed by atoms with Crippen molar-refractivity contribution in [2.24, 2.45) is 0 Å². The maximum atomic E-state index is 13.4. The van der Waals surface area contributed by atoms with Crippen molar-refractivity contribution in [1.29, 1.82) is 0 Å². The predicted octanol–water partition coefficient (Wildman–Crippen LogP) is 1.73. The molecule has 0 saturated carbocycles. The van der Waals surface area contributed by atoms with Gasteiger partial charge in [-0.15, -0.1) is 0 Å². The van der Waals surface area contributed by atoms with Gasteiger partial charge in [0.2, 0.25) is 6.79 Å². The average Bonchev–Trinajstić information content (AvgIpc) is 3.40. The van der Waals surface area contributed by atoms with Gasteiger partial charge in [-0.25, -0.2) is 0 Å². The van der Waals surface area contributed by atoms with Gasteiger partial charge in [0.15, 0.2) is 11.5 Å². The molecule has 7 nitrogen and oxygen atoms in total. The van der Waals surface area contributed by atoms with Crippen LogP contribution < -0.4 is 14.4 Å². The second kappa shape index (κ2) is 7.83. The molecule has 4 rings (SSSR count). The van der Waals surface area contributed by atoms with Crippen LogP contribution in [0.4, 0.5) is 0 Å². The lowest BCUT2D eigenvalue weighted by Crippen LogP contribution is -3.14. The molecule has 2 aliphatic rings. The molecule has 0 spiro atoms. The predicted molar refractivity (Wildman–Crippen MR) is 103 cm³/mol. The summed E-state index contributed by atoms with van der Waals surface area (Å²) in [6, 6.07) is 6.34. The van der Waals surface area contributed by atoms with Gasteiger partial charge in [-0.2, -0.15) is 0 Å².